The van der Waals surface area contributed by atoms with Crippen LogP contribution in [0.15, 0.2) is 0 Å². The highest BCUT2D eigenvalue weighted by molar-refractivity contribution is 5.95. The third kappa shape index (κ3) is 4.51. The number of likely N-dealkylation sites (tertiary alicyclic amines) is 1. The standard InChI is InChI=1S/C14H23NO5/c1-3-19-13(17)12(14(18)20-4-2)9-11-7-5-6-8-15(11)10-16/h10-12H,3-9H2,1-2H3. The summed E-state index contributed by atoms with van der Waals surface area (Å²) in [5.41, 5.74) is 0. The first-order chi connectivity index (χ1) is 9.63. The Morgan fingerprint density at radius 2 is 1.80 bits per heavy atom. The van der Waals surface area contributed by atoms with E-state index in [0.29, 0.717) is 6.54 Å². The molecule has 0 aromatic carbocycles. The fourth-order valence-corrected chi connectivity index (χ4v) is 2.46. The first kappa shape index (κ1) is 16.5. The van der Waals surface area contributed by atoms with Gasteiger partial charge in [0.05, 0.1) is 13.2 Å². The molecule has 0 saturated carbocycles. The van der Waals surface area contributed by atoms with Crippen molar-refractivity contribution in [2.45, 2.75) is 45.6 Å². The molecule has 20 heavy (non-hydrogen) atoms. The van der Waals surface area contributed by atoms with E-state index in [-0.39, 0.29) is 25.7 Å². The van der Waals surface area contributed by atoms with Crippen LogP contribution in [-0.2, 0) is 23.9 Å². The first-order valence-electron chi connectivity index (χ1n) is 7.18. The number of rotatable bonds is 7. The molecule has 1 amide bonds. The van der Waals surface area contributed by atoms with Gasteiger partial charge in [0.25, 0.3) is 0 Å². The third-order valence-electron chi connectivity index (χ3n) is 3.46. The maximum atomic E-state index is 11.9. The number of carbonyl (C=O) groups is 3. The maximum Gasteiger partial charge on any atom is 0.320 e. The molecule has 6 nitrogen and oxygen atoms in total. The summed E-state index contributed by atoms with van der Waals surface area (Å²) in [5, 5.41) is 0. The average Bonchev–Trinajstić information content (AvgIpc) is 2.45. The highest BCUT2D eigenvalue weighted by Crippen LogP contribution is 2.23. The van der Waals surface area contributed by atoms with E-state index < -0.39 is 17.9 Å². The molecule has 1 atom stereocenters. The second kappa shape index (κ2) is 8.55. The van der Waals surface area contributed by atoms with Gasteiger partial charge in [0.15, 0.2) is 5.92 Å². The number of hydrogen-bond donors (Lipinski definition) is 0. The largest absolute Gasteiger partial charge is 0.465 e. The predicted octanol–water partition coefficient (Wildman–Crippen LogP) is 1.13. The monoisotopic (exact) mass is 285 g/mol. The summed E-state index contributed by atoms with van der Waals surface area (Å²) in [6.07, 6.45) is 3.81. The van der Waals surface area contributed by atoms with Gasteiger partial charge in [-0.05, 0) is 39.5 Å². The van der Waals surface area contributed by atoms with Crippen LogP contribution in [0.1, 0.15) is 39.5 Å². The Morgan fingerprint density at radius 1 is 1.20 bits per heavy atom. The zero-order chi connectivity index (χ0) is 15.0. The van der Waals surface area contributed by atoms with Crippen molar-refractivity contribution in [3.63, 3.8) is 0 Å². The summed E-state index contributed by atoms with van der Waals surface area (Å²) in [6.45, 7) is 4.50. The lowest BCUT2D eigenvalue weighted by atomic mass is 9.92. The molecule has 0 radical (unpaired) electrons. The molecule has 1 saturated heterocycles. The Hall–Kier alpha value is -1.59. The van der Waals surface area contributed by atoms with Crippen molar-refractivity contribution in [3.05, 3.63) is 0 Å². The molecular formula is C14H23NO5. The Bertz CT molecular complexity index is 326. The molecule has 1 rings (SSSR count). The number of carbonyl (C=O) groups excluding carboxylic acids is 3. The molecule has 1 aliphatic rings. The number of esters is 2. The minimum absolute atomic E-state index is 0.0972. The summed E-state index contributed by atoms with van der Waals surface area (Å²) >= 11 is 0. The van der Waals surface area contributed by atoms with Gasteiger partial charge in [0.2, 0.25) is 6.41 Å². The molecule has 0 spiro atoms. The van der Waals surface area contributed by atoms with Crippen LogP contribution in [-0.4, -0.2) is 49.0 Å². The molecule has 0 aromatic rings. The van der Waals surface area contributed by atoms with Gasteiger partial charge in [0.1, 0.15) is 0 Å². The van der Waals surface area contributed by atoms with Crippen molar-refractivity contribution in [2.75, 3.05) is 19.8 Å². The lowest BCUT2D eigenvalue weighted by Gasteiger charge is -2.34. The van der Waals surface area contributed by atoms with Crippen LogP contribution in [0.4, 0.5) is 0 Å². The van der Waals surface area contributed by atoms with E-state index >= 15 is 0 Å². The van der Waals surface area contributed by atoms with Gasteiger partial charge in [-0.25, -0.2) is 0 Å². The molecule has 1 fully saturated rings. The van der Waals surface area contributed by atoms with Crippen molar-refractivity contribution < 1.29 is 23.9 Å². The van der Waals surface area contributed by atoms with Crippen LogP contribution >= 0.6 is 0 Å². The second-order valence-corrected chi connectivity index (χ2v) is 4.79. The molecule has 6 heteroatoms. The van der Waals surface area contributed by atoms with Gasteiger partial charge < -0.3 is 14.4 Å². The summed E-state index contributed by atoms with van der Waals surface area (Å²) in [6, 6.07) is -0.0972. The van der Waals surface area contributed by atoms with E-state index in [0.717, 1.165) is 25.7 Å². The van der Waals surface area contributed by atoms with Crippen molar-refractivity contribution >= 4 is 18.3 Å². The van der Waals surface area contributed by atoms with E-state index in [1.165, 1.54) is 0 Å². The third-order valence-corrected chi connectivity index (χ3v) is 3.46. The molecule has 0 aliphatic carbocycles. The summed E-state index contributed by atoms with van der Waals surface area (Å²) in [4.78, 5) is 36.5. The van der Waals surface area contributed by atoms with Crippen molar-refractivity contribution in [1.82, 2.24) is 4.90 Å². The van der Waals surface area contributed by atoms with Crippen LogP contribution in [0.3, 0.4) is 0 Å². The summed E-state index contributed by atoms with van der Waals surface area (Å²) in [5.74, 6) is -2.08. The van der Waals surface area contributed by atoms with Crippen molar-refractivity contribution in [3.8, 4) is 0 Å². The first-order valence-corrected chi connectivity index (χ1v) is 7.18. The normalized spacial score (nSPS) is 18.8. The minimum Gasteiger partial charge on any atom is -0.465 e. The second-order valence-electron chi connectivity index (χ2n) is 4.79. The van der Waals surface area contributed by atoms with E-state index in [1.54, 1.807) is 18.7 Å². The zero-order valence-corrected chi connectivity index (χ0v) is 12.2. The average molecular weight is 285 g/mol. The van der Waals surface area contributed by atoms with Crippen molar-refractivity contribution in [2.24, 2.45) is 5.92 Å². The highest BCUT2D eigenvalue weighted by Gasteiger charge is 2.34. The van der Waals surface area contributed by atoms with Crippen LogP contribution in [0.25, 0.3) is 0 Å². The molecule has 1 unspecified atom stereocenters. The van der Waals surface area contributed by atoms with E-state index in [9.17, 15) is 14.4 Å². The van der Waals surface area contributed by atoms with Crippen LogP contribution in [0.5, 0.6) is 0 Å². The number of piperidine rings is 1. The number of hydrogen-bond acceptors (Lipinski definition) is 5. The SMILES string of the molecule is CCOC(=O)C(CC1CCCCN1C=O)C(=O)OCC. The van der Waals surface area contributed by atoms with Gasteiger partial charge in [-0.2, -0.15) is 0 Å². The maximum absolute atomic E-state index is 11.9. The lowest BCUT2D eigenvalue weighted by Crippen LogP contribution is -2.42. The summed E-state index contributed by atoms with van der Waals surface area (Å²) < 4.78 is 9.87. The Morgan fingerprint density at radius 3 is 2.30 bits per heavy atom. The van der Waals surface area contributed by atoms with Gasteiger partial charge in [-0.1, -0.05) is 0 Å². The molecular weight excluding hydrogens is 262 g/mol. The molecule has 114 valence electrons. The van der Waals surface area contributed by atoms with E-state index in [4.69, 9.17) is 9.47 Å². The molecule has 1 aliphatic heterocycles. The van der Waals surface area contributed by atoms with Gasteiger partial charge in [0, 0.05) is 12.6 Å². The predicted molar refractivity (Wildman–Crippen MR) is 71.8 cm³/mol. The molecule has 1 heterocycles. The Balaban J connectivity index is 2.73. The van der Waals surface area contributed by atoms with Gasteiger partial charge in [-0.15, -0.1) is 0 Å². The number of nitrogens with zero attached hydrogens (tertiary/aromatic N) is 1. The highest BCUT2D eigenvalue weighted by atomic mass is 16.6. The zero-order valence-electron chi connectivity index (χ0n) is 12.2. The van der Waals surface area contributed by atoms with E-state index in [2.05, 4.69) is 0 Å². The van der Waals surface area contributed by atoms with Crippen LogP contribution < -0.4 is 0 Å². The molecule has 0 N–H and O–H groups in total. The smallest absolute Gasteiger partial charge is 0.320 e. The van der Waals surface area contributed by atoms with Crippen LogP contribution in [0.2, 0.25) is 0 Å². The topological polar surface area (TPSA) is 72.9 Å². The fourth-order valence-electron chi connectivity index (χ4n) is 2.46. The minimum atomic E-state index is -0.944. The van der Waals surface area contributed by atoms with E-state index in [1.807, 2.05) is 0 Å². The van der Waals surface area contributed by atoms with Gasteiger partial charge >= 0.3 is 11.9 Å². The molecule has 0 aromatic heterocycles. The number of ether oxygens (including phenoxy) is 2. The Labute approximate surface area is 119 Å². The Kier molecular flexibility index (Phi) is 7.04. The van der Waals surface area contributed by atoms with Crippen LogP contribution in [0, 0.1) is 5.92 Å². The number of amides is 1. The quantitative estimate of drug-likeness (QED) is 0.398. The van der Waals surface area contributed by atoms with Crippen molar-refractivity contribution in [1.29, 1.82) is 0 Å². The fraction of sp³-hybridized carbons (Fsp3) is 0.786. The summed E-state index contributed by atoms with van der Waals surface area (Å²) in [7, 11) is 0. The van der Waals surface area contributed by atoms with Gasteiger partial charge in [-0.3, -0.25) is 14.4 Å². The lowest BCUT2D eigenvalue weighted by molar-refractivity contribution is -0.163. The molecule has 0 bridgehead atoms.